The molecular formula is C6H8ClN3O2. The van der Waals surface area contributed by atoms with Crippen LogP contribution < -0.4 is 5.56 Å². The van der Waals surface area contributed by atoms with Gasteiger partial charge in [0.2, 0.25) is 5.90 Å². The van der Waals surface area contributed by atoms with Crippen LogP contribution in [0.3, 0.4) is 0 Å². The zero-order chi connectivity index (χ0) is 8.27. The number of aromatic amines is 1. The largest absolute Gasteiger partial charge is 0.480 e. The molecule has 0 aromatic carbocycles. The Balaban J connectivity index is 0.00000121. The zero-order valence-electron chi connectivity index (χ0n) is 6.33. The topological polar surface area (TPSA) is 78.8 Å². The van der Waals surface area contributed by atoms with E-state index in [1.807, 2.05) is 0 Å². The standard InChI is InChI=1S/C6H7N3O2.ClH/c1-11-5(7)4-6(10)9-3-2-8-4;/h2-3,7H,1H3,(H,9,10);1H. The lowest BCUT2D eigenvalue weighted by molar-refractivity contribution is 0.399. The third-order valence-electron chi connectivity index (χ3n) is 1.13. The van der Waals surface area contributed by atoms with E-state index < -0.39 is 5.56 Å². The molecule has 5 nitrogen and oxygen atoms in total. The van der Waals surface area contributed by atoms with E-state index in [4.69, 9.17) is 5.41 Å². The third-order valence-corrected chi connectivity index (χ3v) is 1.13. The van der Waals surface area contributed by atoms with Crippen molar-refractivity contribution >= 4 is 18.3 Å². The van der Waals surface area contributed by atoms with Gasteiger partial charge in [-0.1, -0.05) is 0 Å². The molecule has 0 saturated carbocycles. The summed E-state index contributed by atoms with van der Waals surface area (Å²) in [6, 6.07) is 0. The predicted octanol–water partition coefficient (Wildman–Crippen LogP) is 0.163. The number of halogens is 1. The van der Waals surface area contributed by atoms with Crippen LogP contribution in [0.2, 0.25) is 0 Å². The number of H-pyrrole nitrogens is 1. The van der Waals surface area contributed by atoms with Crippen LogP contribution >= 0.6 is 12.4 Å². The summed E-state index contributed by atoms with van der Waals surface area (Å²) in [6.07, 6.45) is 2.79. The molecule has 0 radical (unpaired) electrons. The van der Waals surface area contributed by atoms with Gasteiger partial charge in [-0.3, -0.25) is 10.2 Å². The van der Waals surface area contributed by atoms with Crippen molar-refractivity contribution in [2.75, 3.05) is 7.11 Å². The SMILES string of the molecule is COC(=N)c1ncc[nH]c1=O.Cl. The highest BCUT2D eigenvalue weighted by Gasteiger charge is 2.05. The summed E-state index contributed by atoms with van der Waals surface area (Å²) in [6.45, 7) is 0. The Morgan fingerprint density at radius 1 is 1.75 bits per heavy atom. The van der Waals surface area contributed by atoms with E-state index in [-0.39, 0.29) is 24.0 Å². The van der Waals surface area contributed by atoms with Gasteiger partial charge in [-0.05, 0) is 0 Å². The quantitative estimate of drug-likeness (QED) is 0.488. The van der Waals surface area contributed by atoms with E-state index in [2.05, 4.69) is 14.7 Å². The average molecular weight is 190 g/mol. The number of rotatable bonds is 1. The van der Waals surface area contributed by atoms with Gasteiger partial charge in [0.05, 0.1) is 7.11 Å². The van der Waals surface area contributed by atoms with Gasteiger partial charge >= 0.3 is 0 Å². The van der Waals surface area contributed by atoms with Gasteiger partial charge in [-0.15, -0.1) is 12.4 Å². The molecule has 66 valence electrons. The van der Waals surface area contributed by atoms with E-state index in [1.165, 1.54) is 19.5 Å². The molecule has 1 rings (SSSR count). The number of ether oxygens (including phenoxy) is 1. The number of nitrogens with zero attached hydrogens (tertiary/aromatic N) is 1. The van der Waals surface area contributed by atoms with Gasteiger partial charge in [-0.2, -0.15) is 0 Å². The summed E-state index contributed by atoms with van der Waals surface area (Å²) < 4.78 is 4.52. The Morgan fingerprint density at radius 2 is 2.42 bits per heavy atom. The van der Waals surface area contributed by atoms with Gasteiger partial charge in [0.25, 0.3) is 5.56 Å². The Bertz CT molecular complexity index is 323. The fraction of sp³-hybridized carbons (Fsp3) is 0.167. The maximum atomic E-state index is 10.9. The lowest BCUT2D eigenvalue weighted by atomic mass is 10.4. The summed E-state index contributed by atoms with van der Waals surface area (Å²) >= 11 is 0. The molecule has 0 saturated heterocycles. The van der Waals surface area contributed by atoms with Crippen LogP contribution in [0.1, 0.15) is 5.69 Å². The number of hydrogen-bond donors (Lipinski definition) is 2. The second-order valence-corrected chi connectivity index (χ2v) is 1.80. The van der Waals surface area contributed by atoms with Gasteiger partial charge in [-0.25, -0.2) is 4.98 Å². The highest BCUT2D eigenvalue weighted by Crippen LogP contribution is 1.84. The van der Waals surface area contributed by atoms with Crippen LogP contribution in [0, 0.1) is 5.41 Å². The molecule has 0 aliphatic heterocycles. The van der Waals surface area contributed by atoms with Crippen LogP contribution in [0.4, 0.5) is 0 Å². The molecule has 1 aromatic heterocycles. The van der Waals surface area contributed by atoms with Crippen molar-refractivity contribution in [3.8, 4) is 0 Å². The maximum absolute atomic E-state index is 10.9. The minimum atomic E-state index is -0.417. The molecule has 0 unspecified atom stereocenters. The van der Waals surface area contributed by atoms with E-state index in [9.17, 15) is 4.79 Å². The Kier molecular flexibility index (Phi) is 3.99. The number of aromatic nitrogens is 2. The zero-order valence-corrected chi connectivity index (χ0v) is 7.14. The van der Waals surface area contributed by atoms with Gasteiger partial charge in [0, 0.05) is 12.4 Å². The van der Waals surface area contributed by atoms with Crippen molar-refractivity contribution in [1.29, 1.82) is 5.41 Å². The van der Waals surface area contributed by atoms with Crippen molar-refractivity contribution in [2.24, 2.45) is 0 Å². The summed E-state index contributed by atoms with van der Waals surface area (Å²) in [5.41, 5.74) is -0.422. The first-order valence-corrected chi connectivity index (χ1v) is 2.92. The van der Waals surface area contributed by atoms with Gasteiger partial charge in [0.15, 0.2) is 5.69 Å². The Labute approximate surface area is 74.7 Å². The summed E-state index contributed by atoms with van der Waals surface area (Å²) in [4.78, 5) is 16.9. The number of nitrogens with one attached hydrogen (secondary N) is 2. The minimum absolute atomic E-state index is 0. The van der Waals surface area contributed by atoms with E-state index in [0.29, 0.717) is 0 Å². The van der Waals surface area contributed by atoms with Crippen molar-refractivity contribution < 1.29 is 4.74 Å². The molecule has 0 fully saturated rings. The van der Waals surface area contributed by atoms with Crippen molar-refractivity contribution in [1.82, 2.24) is 9.97 Å². The molecule has 0 spiro atoms. The lowest BCUT2D eigenvalue weighted by Crippen LogP contribution is -2.20. The second kappa shape index (κ2) is 4.50. The first-order valence-electron chi connectivity index (χ1n) is 2.92. The van der Waals surface area contributed by atoms with E-state index >= 15 is 0 Å². The van der Waals surface area contributed by atoms with Crippen LogP contribution in [0.15, 0.2) is 17.2 Å². The Hall–Kier alpha value is -1.36. The Morgan fingerprint density at radius 3 is 2.92 bits per heavy atom. The molecule has 1 heterocycles. The molecule has 12 heavy (non-hydrogen) atoms. The minimum Gasteiger partial charge on any atom is -0.480 e. The molecule has 0 amide bonds. The highest BCUT2D eigenvalue weighted by molar-refractivity contribution is 5.88. The smallest absolute Gasteiger partial charge is 0.279 e. The van der Waals surface area contributed by atoms with Crippen molar-refractivity contribution in [2.45, 2.75) is 0 Å². The molecule has 2 N–H and O–H groups in total. The average Bonchev–Trinajstić information content (AvgIpc) is 2.04. The van der Waals surface area contributed by atoms with E-state index in [1.54, 1.807) is 0 Å². The monoisotopic (exact) mass is 189 g/mol. The summed E-state index contributed by atoms with van der Waals surface area (Å²) in [5, 5.41) is 7.11. The van der Waals surface area contributed by atoms with Crippen LogP contribution in [0.25, 0.3) is 0 Å². The third kappa shape index (κ3) is 2.06. The lowest BCUT2D eigenvalue weighted by Gasteiger charge is -1.97. The van der Waals surface area contributed by atoms with Gasteiger partial charge in [0.1, 0.15) is 0 Å². The fourth-order valence-electron chi connectivity index (χ4n) is 0.610. The first-order chi connectivity index (χ1) is 5.25. The molecule has 0 atom stereocenters. The normalized spacial score (nSPS) is 8.42. The van der Waals surface area contributed by atoms with Crippen LogP contribution in [-0.4, -0.2) is 23.0 Å². The molecule has 0 bridgehead atoms. The maximum Gasteiger partial charge on any atom is 0.279 e. The molecule has 0 aliphatic carbocycles. The summed E-state index contributed by atoms with van der Waals surface area (Å²) in [7, 11) is 1.32. The molecule has 1 aromatic rings. The fourth-order valence-corrected chi connectivity index (χ4v) is 0.610. The van der Waals surface area contributed by atoms with Crippen molar-refractivity contribution in [3.05, 3.63) is 28.4 Å². The number of hydrogen-bond acceptors (Lipinski definition) is 4. The van der Waals surface area contributed by atoms with Crippen molar-refractivity contribution in [3.63, 3.8) is 0 Å². The highest BCUT2D eigenvalue weighted by atomic mass is 35.5. The van der Waals surface area contributed by atoms with E-state index in [0.717, 1.165) is 0 Å². The van der Waals surface area contributed by atoms with Crippen LogP contribution in [0.5, 0.6) is 0 Å². The molecular weight excluding hydrogens is 182 g/mol. The molecule has 6 heteroatoms. The number of methoxy groups -OCH3 is 1. The molecule has 0 aliphatic rings. The van der Waals surface area contributed by atoms with Crippen LogP contribution in [-0.2, 0) is 4.74 Å². The summed E-state index contributed by atoms with van der Waals surface area (Å²) in [5.74, 6) is -0.230. The first kappa shape index (κ1) is 10.6. The second-order valence-electron chi connectivity index (χ2n) is 1.80. The predicted molar refractivity (Wildman–Crippen MR) is 45.9 cm³/mol. The van der Waals surface area contributed by atoms with Gasteiger partial charge < -0.3 is 9.72 Å².